The number of hydrogen-bond acceptors (Lipinski definition) is 7. The van der Waals surface area contributed by atoms with Gasteiger partial charge in [-0.1, -0.05) is 23.7 Å². The third-order valence-corrected chi connectivity index (χ3v) is 9.59. The molecular weight excluding hydrogens is 590 g/mol. The Morgan fingerprint density at radius 2 is 1.70 bits per heavy atom. The van der Waals surface area contributed by atoms with Crippen LogP contribution < -0.4 is 15.4 Å². The van der Waals surface area contributed by atoms with E-state index >= 15 is 0 Å². The number of rotatable bonds is 8. The lowest BCUT2D eigenvalue weighted by molar-refractivity contribution is 0.0771. The van der Waals surface area contributed by atoms with Gasteiger partial charge in [-0.2, -0.15) is 0 Å². The number of nitrogens with one attached hydrogen (secondary N) is 1. The van der Waals surface area contributed by atoms with Crippen LogP contribution in [0.1, 0.15) is 33.7 Å². The number of likely N-dealkylation sites (tertiary alicyclic amines) is 2. The summed E-state index contributed by atoms with van der Waals surface area (Å²) in [6.07, 6.45) is 2.19. The first kappa shape index (κ1) is 30.9. The number of sulfonamides is 1. The van der Waals surface area contributed by atoms with Gasteiger partial charge in [0.2, 0.25) is 10.0 Å². The number of aryl methyl sites for hydroxylation is 3. The van der Waals surface area contributed by atoms with E-state index in [9.17, 15) is 18.0 Å². The zero-order valence-corrected chi connectivity index (χ0v) is 26.0. The van der Waals surface area contributed by atoms with E-state index in [0.29, 0.717) is 71.2 Å². The van der Waals surface area contributed by atoms with Crippen molar-refractivity contribution >= 4 is 44.9 Å². The molecule has 3 aromatic rings. The average Bonchev–Trinajstić information content (AvgIpc) is 3.51. The van der Waals surface area contributed by atoms with E-state index in [1.807, 2.05) is 37.8 Å². The van der Waals surface area contributed by atoms with Gasteiger partial charge in [-0.05, 0) is 81.5 Å². The molecular formula is C30H36ClN7O4S. The number of amides is 3. The van der Waals surface area contributed by atoms with E-state index in [2.05, 4.69) is 20.2 Å². The molecule has 3 amide bonds. The minimum atomic E-state index is -3.92. The van der Waals surface area contributed by atoms with Crippen LogP contribution in [0, 0.1) is 32.6 Å². The van der Waals surface area contributed by atoms with Crippen molar-refractivity contribution < 1.29 is 18.0 Å². The summed E-state index contributed by atoms with van der Waals surface area (Å²) >= 11 is 6.39. The summed E-state index contributed by atoms with van der Waals surface area (Å²) in [6.45, 7) is 9.99. The number of anilines is 2. The van der Waals surface area contributed by atoms with Crippen molar-refractivity contribution in [1.82, 2.24) is 19.8 Å². The molecule has 2 aliphatic rings. The first-order valence-corrected chi connectivity index (χ1v) is 16.1. The van der Waals surface area contributed by atoms with Crippen molar-refractivity contribution in [3.63, 3.8) is 0 Å². The van der Waals surface area contributed by atoms with E-state index in [1.165, 1.54) is 24.5 Å². The van der Waals surface area contributed by atoms with Gasteiger partial charge in [0, 0.05) is 49.1 Å². The molecule has 0 bridgehead atoms. The number of carbonyl (C=O) groups excluding carboxylic acids is 2. The van der Waals surface area contributed by atoms with Crippen LogP contribution in [-0.2, 0) is 10.0 Å². The van der Waals surface area contributed by atoms with E-state index < -0.39 is 16.1 Å². The Kier molecular flexibility index (Phi) is 9.02. The average molecular weight is 626 g/mol. The van der Waals surface area contributed by atoms with E-state index in [1.54, 1.807) is 17.0 Å². The minimum Gasteiger partial charge on any atom is -0.338 e. The lowest BCUT2D eigenvalue weighted by Gasteiger charge is -2.26. The molecule has 2 fully saturated rings. The predicted molar refractivity (Wildman–Crippen MR) is 166 cm³/mol. The molecule has 2 aliphatic heterocycles. The number of nitrogens with zero attached hydrogens (tertiary/aromatic N) is 5. The van der Waals surface area contributed by atoms with Crippen LogP contribution in [0.5, 0.6) is 0 Å². The van der Waals surface area contributed by atoms with Crippen LogP contribution in [-0.4, -0.2) is 79.4 Å². The maximum atomic E-state index is 13.5. The highest BCUT2D eigenvalue weighted by molar-refractivity contribution is 7.89. The molecule has 0 spiro atoms. The van der Waals surface area contributed by atoms with Crippen LogP contribution in [0.2, 0.25) is 5.02 Å². The van der Waals surface area contributed by atoms with Crippen LogP contribution >= 0.6 is 11.6 Å². The van der Waals surface area contributed by atoms with Crippen LogP contribution in [0.3, 0.4) is 0 Å². The minimum absolute atomic E-state index is 0.00422. The van der Waals surface area contributed by atoms with E-state index in [4.69, 9.17) is 16.7 Å². The number of nitrogens with two attached hydrogens (primary N) is 1. The van der Waals surface area contributed by atoms with Gasteiger partial charge in [0.25, 0.3) is 5.91 Å². The van der Waals surface area contributed by atoms with Gasteiger partial charge in [0.15, 0.2) is 0 Å². The molecule has 2 aromatic carbocycles. The summed E-state index contributed by atoms with van der Waals surface area (Å²) in [6, 6.07) is 10.9. The standard InChI is InChI=1S/C30H36ClN7O4S/c1-19-8-9-25(13-27(19)31)38(30(40)35-24-6-4-7-26(12-24)43(32,41)42)11-5-10-36-14-22-16-37(17-23(22)15-36)29(39)28-20(2)33-18-34-21(28)3/h4,6-9,12-13,18,22-23H,5,10-11,14-17H2,1-3H3,(H,35,40)(H2,32,41,42). The van der Waals surface area contributed by atoms with Crippen molar-refractivity contribution in [2.75, 3.05) is 49.5 Å². The predicted octanol–water partition coefficient (Wildman–Crippen LogP) is 3.84. The number of primary sulfonamides is 1. The van der Waals surface area contributed by atoms with Crippen molar-refractivity contribution in [3.05, 3.63) is 76.3 Å². The number of urea groups is 1. The van der Waals surface area contributed by atoms with Crippen molar-refractivity contribution in [2.45, 2.75) is 32.1 Å². The van der Waals surface area contributed by atoms with E-state index in [-0.39, 0.29) is 10.8 Å². The summed E-state index contributed by atoms with van der Waals surface area (Å²) in [5.74, 6) is 0.802. The van der Waals surface area contributed by atoms with Gasteiger partial charge >= 0.3 is 6.03 Å². The molecule has 0 aliphatic carbocycles. The fourth-order valence-corrected chi connectivity index (χ4v) is 6.73. The number of aromatic nitrogens is 2. The van der Waals surface area contributed by atoms with Crippen molar-refractivity contribution in [1.29, 1.82) is 0 Å². The lowest BCUT2D eigenvalue weighted by Crippen LogP contribution is -2.38. The maximum Gasteiger partial charge on any atom is 0.326 e. The topological polar surface area (TPSA) is 142 Å². The maximum absolute atomic E-state index is 13.5. The van der Waals surface area contributed by atoms with Crippen molar-refractivity contribution in [3.8, 4) is 0 Å². The molecule has 1 aromatic heterocycles. The molecule has 2 unspecified atom stereocenters. The number of fused-ring (bicyclic) bond motifs is 1. The van der Waals surface area contributed by atoms with Crippen molar-refractivity contribution in [2.24, 2.45) is 17.0 Å². The lowest BCUT2D eigenvalue weighted by atomic mass is 10.0. The highest BCUT2D eigenvalue weighted by Crippen LogP contribution is 2.33. The van der Waals surface area contributed by atoms with Gasteiger partial charge in [-0.15, -0.1) is 0 Å². The molecule has 3 N–H and O–H groups in total. The van der Waals surface area contributed by atoms with Crippen LogP contribution in [0.4, 0.5) is 16.2 Å². The number of carbonyl (C=O) groups is 2. The monoisotopic (exact) mass is 625 g/mol. The zero-order valence-electron chi connectivity index (χ0n) is 24.5. The molecule has 43 heavy (non-hydrogen) atoms. The van der Waals surface area contributed by atoms with Gasteiger partial charge in [0.05, 0.1) is 21.8 Å². The van der Waals surface area contributed by atoms with Gasteiger partial charge in [-0.3, -0.25) is 9.69 Å². The molecule has 3 heterocycles. The largest absolute Gasteiger partial charge is 0.338 e. The van der Waals surface area contributed by atoms with Gasteiger partial charge in [-0.25, -0.2) is 28.3 Å². The highest BCUT2D eigenvalue weighted by atomic mass is 35.5. The molecule has 11 nitrogen and oxygen atoms in total. The third-order valence-electron chi connectivity index (χ3n) is 8.27. The fraction of sp³-hybridized carbons (Fsp3) is 0.400. The quantitative estimate of drug-likeness (QED) is 0.387. The molecule has 2 saturated heterocycles. The van der Waals surface area contributed by atoms with Gasteiger partial charge in [0.1, 0.15) is 6.33 Å². The second-order valence-corrected chi connectivity index (χ2v) is 13.3. The molecule has 2 atom stereocenters. The first-order chi connectivity index (χ1) is 20.4. The Balaban J connectivity index is 1.20. The second kappa shape index (κ2) is 12.6. The molecule has 0 saturated carbocycles. The highest BCUT2D eigenvalue weighted by Gasteiger charge is 2.42. The molecule has 5 rings (SSSR count). The number of halogens is 1. The molecule has 0 radical (unpaired) electrons. The Bertz CT molecular complexity index is 1620. The third kappa shape index (κ3) is 6.98. The first-order valence-electron chi connectivity index (χ1n) is 14.2. The van der Waals surface area contributed by atoms with Crippen LogP contribution in [0.25, 0.3) is 0 Å². The second-order valence-electron chi connectivity index (χ2n) is 11.4. The Morgan fingerprint density at radius 3 is 2.33 bits per heavy atom. The number of hydrogen-bond donors (Lipinski definition) is 2. The SMILES string of the molecule is Cc1ccc(N(CCCN2CC3CN(C(=O)c4c(C)ncnc4C)CC3C2)C(=O)Nc2cccc(S(N)(=O)=O)c2)cc1Cl. The summed E-state index contributed by atoms with van der Waals surface area (Å²) in [5, 5.41) is 8.61. The number of benzene rings is 2. The smallest absolute Gasteiger partial charge is 0.326 e. The zero-order chi connectivity index (χ0) is 30.9. The summed E-state index contributed by atoms with van der Waals surface area (Å²) < 4.78 is 23.6. The Hall–Kier alpha value is -3.58. The fourth-order valence-electron chi connectivity index (χ4n) is 5.99. The molecule has 228 valence electrons. The Labute approximate surface area is 257 Å². The summed E-state index contributed by atoms with van der Waals surface area (Å²) in [4.78, 5) is 41.0. The van der Waals surface area contributed by atoms with Gasteiger partial charge < -0.3 is 15.1 Å². The Morgan fingerprint density at radius 1 is 1.02 bits per heavy atom. The molecule has 13 heteroatoms. The normalized spacial score (nSPS) is 18.5. The van der Waals surface area contributed by atoms with E-state index in [0.717, 1.165) is 25.2 Å². The van der Waals surface area contributed by atoms with Crippen LogP contribution in [0.15, 0.2) is 53.7 Å². The summed E-state index contributed by atoms with van der Waals surface area (Å²) in [7, 11) is -3.92. The summed E-state index contributed by atoms with van der Waals surface area (Å²) in [5.41, 5.74) is 3.86.